The van der Waals surface area contributed by atoms with E-state index in [9.17, 15) is 5.11 Å². The lowest BCUT2D eigenvalue weighted by Crippen LogP contribution is -2.20. The Bertz CT molecular complexity index is 599. The Morgan fingerprint density at radius 2 is 2.00 bits per heavy atom. The minimum absolute atomic E-state index is 0.119. The monoisotopic (exact) mass is 279 g/mol. The number of aliphatic hydroxyl groups is 1. The molecule has 19 heavy (non-hydrogen) atoms. The average Bonchev–Trinajstić information content (AvgIpc) is 2.75. The first-order chi connectivity index (χ1) is 8.84. The van der Waals surface area contributed by atoms with Crippen molar-refractivity contribution in [3.8, 4) is 5.69 Å². The number of nitrogens with zero attached hydrogens (tertiary/aromatic N) is 3. The third-order valence-corrected chi connectivity index (χ3v) is 3.23. The van der Waals surface area contributed by atoms with Crippen LogP contribution in [0.15, 0.2) is 18.2 Å². The lowest BCUT2D eigenvalue weighted by molar-refractivity contribution is 0.273. The van der Waals surface area contributed by atoms with Crippen molar-refractivity contribution in [3.05, 3.63) is 40.2 Å². The Kier molecular flexibility index (Phi) is 3.65. The second kappa shape index (κ2) is 4.94. The van der Waals surface area contributed by atoms with Crippen LogP contribution in [0.3, 0.4) is 0 Å². The Hall–Kier alpha value is -1.39. The maximum atomic E-state index is 9.42. The smallest absolute Gasteiger partial charge is 0.112 e. The van der Waals surface area contributed by atoms with Crippen LogP contribution in [0.2, 0.25) is 5.02 Å². The van der Waals surface area contributed by atoms with Gasteiger partial charge in [0.15, 0.2) is 0 Å². The van der Waals surface area contributed by atoms with Crippen LogP contribution >= 0.6 is 11.6 Å². The number of hydrogen-bond acceptors (Lipinski definition) is 3. The van der Waals surface area contributed by atoms with Gasteiger partial charge in [-0.25, -0.2) is 4.68 Å². The van der Waals surface area contributed by atoms with Gasteiger partial charge in [0.2, 0.25) is 0 Å². The highest BCUT2D eigenvalue weighted by Crippen LogP contribution is 2.29. The summed E-state index contributed by atoms with van der Waals surface area (Å²) in [4.78, 5) is 0. The molecule has 0 bridgehead atoms. The molecule has 0 unspecified atom stereocenters. The molecule has 0 saturated heterocycles. The van der Waals surface area contributed by atoms with Crippen LogP contribution in [-0.4, -0.2) is 20.1 Å². The summed E-state index contributed by atoms with van der Waals surface area (Å²) < 4.78 is 1.77. The molecule has 1 aromatic heterocycles. The van der Waals surface area contributed by atoms with Gasteiger partial charge < -0.3 is 5.11 Å². The molecule has 4 nitrogen and oxygen atoms in total. The number of rotatable bonds is 2. The van der Waals surface area contributed by atoms with Crippen molar-refractivity contribution >= 4 is 11.6 Å². The van der Waals surface area contributed by atoms with Gasteiger partial charge >= 0.3 is 0 Å². The Morgan fingerprint density at radius 3 is 2.58 bits per heavy atom. The van der Waals surface area contributed by atoms with Crippen LogP contribution in [0.5, 0.6) is 0 Å². The summed E-state index contributed by atoms with van der Waals surface area (Å²) in [6.45, 7) is 8.09. The van der Waals surface area contributed by atoms with E-state index in [0.717, 1.165) is 16.9 Å². The molecule has 0 aliphatic carbocycles. The first-order valence-electron chi connectivity index (χ1n) is 6.17. The SMILES string of the molecule is Cc1ccc(Cl)cc1-n1nnc(CO)c1C(C)(C)C. The number of aryl methyl sites for hydroxylation is 1. The molecule has 2 aromatic rings. The molecular formula is C14H18ClN3O. The summed E-state index contributed by atoms with van der Waals surface area (Å²) in [5.74, 6) is 0. The van der Waals surface area contributed by atoms with Gasteiger partial charge in [-0.05, 0) is 24.6 Å². The van der Waals surface area contributed by atoms with Gasteiger partial charge in [-0.1, -0.05) is 43.7 Å². The van der Waals surface area contributed by atoms with Crippen molar-refractivity contribution in [2.24, 2.45) is 0 Å². The number of benzene rings is 1. The lowest BCUT2D eigenvalue weighted by atomic mass is 9.90. The zero-order valence-corrected chi connectivity index (χ0v) is 12.4. The van der Waals surface area contributed by atoms with Crippen LogP contribution in [-0.2, 0) is 12.0 Å². The van der Waals surface area contributed by atoms with Gasteiger partial charge in [0.1, 0.15) is 5.69 Å². The summed E-state index contributed by atoms with van der Waals surface area (Å²) in [7, 11) is 0. The third kappa shape index (κ3) is 2.65. The first kappa shape index (κ1) is 14.0. The minimum atomic E-state index is -0.170. The summed E-state index contributed by atoms with van der Waals surface area (Å²) in [6.07, 6.45) is 0. The van der Waals surface area contributed by atoms with Crippen LogP contribution in [0.25, 0.3) is 5.69 Å². The van der Waals surface area contributed by atoms with E-state index in [1.54, 1.807) is 4.68 Å². The average molecular weight is 280 g/mol. The summed E-state index contributed by atoms with van der Waals surface area (Å²) in [5.41, 5.74) is 3.29. The fraction of sp³-hybridized carbons (Fsp3) is 0.429. The molecule has 0 amide bonds. The van der Waals surface area contributed by atoms with Crippen molar-refractivity contribution in [1.29, 1.82) is 0 Å². The first-order valence-corrected chi connectivity index (χ1v) is 6.55. The van der Waals surface area contributed by atoms with E-state index in [-0.39, 0.29) is 12.0 Å². The lowest BCUT2D eigenvalue weighted by Gasteiger charge is -2.21. The van der Waals surface area contributed by atoms with Crippen molar-refractivity contribution in [3.63, 3.8) is 0 Å². The van der Waals surface area contributed by atoms with E-state index < -0.39 is 0 Å². The van der Waals surface area contributed by atoms with Crippen molar-refractivity contribution in [1.82, 2.24) is 15.0 Å². The minimum Gasteiger partial charge on any atom is -0.390 e. The van der Waals surface area contributed by atoms with Crippen molar-refractivity contribution < 1.29 is 5.11 Å². The van der Waals surface area contributed by atoms with Crippen molar-refractivity contribution in [2.75, 3.05) is 0 Å². The fourth-order valence-corrected chi connectivity index (χ4v) is 2.32. The molecule has 0 aliphatic heterocycles. The summed E-state index contributed by atoms with van der Waals surface area (Å²) >= 11 is 6.06. The molecule has 1 aromatic carbocycles. The molecule has 0 radical (unpaired) electrons. The van der Waals surface area contributed by atoms with E-state index in [1.807, 2.05) is 25.1 Å². The van der Waals surface area contributed by atoms with E-state index in [0.29, 0.717) is 10.7 Å². The third-order valence-electron chi connectivity index (χ3n) is 3.00. The highest BCUT2D eigenvalue weighted by atomic mass is 35.5. The molecule has 5 heteroatoms. The van der Waals surface area contributed by atoms with Crippen molar-refractivity contribution in [2.45, 2.75) is 39.7 Å². The van der Waals surface area contributed by atoms with Gasteiger partial charge in [-0.3, -0.25) is 0 Å². The van der Waals surface area contributed by atoms with Crippen LogP contribution in [0.1, 0.15) is 37.7 Å². The predicted molar refractivity (Wildman–Crippen MR) is 75.7 cm³/mol. The quantitative estimate of drug-likeness (QED) is 0.919. The molecule has 0 spiro atoms. The molecule has 102 valence electrons. The number of aromatic nitrogens is 3. The molecule has 1 heterocycles. The van der Waals surface area contributed by atoms with Gasteiger partial charge in [0.25, 0.3) is 0 Å². The van der Waals surface area contributed by atoms with Gasteiger partial charge in [0.05, 0.1) is 18.0 Å². The van der Waals surface area contributed by atoms with E-state index in [2.05, 4.69) is 31.1 Å². The Labute approximate surface area is 118 Å². The normalized spacial score (nSPS) is 11.9. The summed E-state index contributed by atoms with van der Waals surface area (Å²) in [6, 6.07) is 5.66. The maximum Gasteiger partial charge on any atom is 0.112 e. The molecule has 0 fully saturated rings. The van der Waals surface area contributed by atoms with E-state index >= 15 is 0 Å². The zero-order valence-electron chi connectivity index (χ0n) is 11.6. The molecule has 1 N–H and O–H groups in total. The van der Waals surface area contributed by atoms with Gasteiger partial charge in [0, 0.05) is 10.4 Å². The topological polar surface area (TPSA) is 50.9 Å². The van der Waals surface area contributed by atoms with Gasteiger partial charge in [-0.15, -0.1) is 5.10 Å². The highest BCUT2D eigenvalue weighted by Gasteiger charge is 2.26. The number of halogens is 1. The van der Waals surface area contributed by atoms with Crippen LogP contribution < -0.4 is 0 Å². The Balaban J connectivity index is 2.69. The largest absolute Gasteiger partial charge is 0.390 e. The van der Waals surface area contributed by atoms with E-state index in [4.69, 9.17) is 11.6 Å². The molecular weight excluding hydrogens is 262 g/mol. The molecule has 0 atom stereocenters. The second-order valence-electron chi connectivity index (χ2n) is 5.64. The molecule has 0 saturated carbocycles. The summed E-state index contributed by atoms with van der Waals surface area (Å²) in [5, 5.41) is 18.3. The van der Waals surface area contributed by atoms with E-state index in [1.165, 1.54) is 0 Å². The van der Waals surface area contributed by atoms with Gasteiger partial charge in [-0.2, -0.15) is 0 Å². The number of hydrogen-bond donors (Lipinski definition) is 1. The number of aliphatic hydroxyl groups excluding tert-OH is 1. The molecule has 2 rings (SSSR count). The highest BCUT2D eigenvalue weighted by molar-refractivity contribution is 6.30. The Morgan fingerprint density at radius 1 is 1.32 bits per heavy atom. The standard InChI is InChI=1S/C14H18ClN3O/c1-9-5-6-10(15)7-12(9)18-13(14(2,3)4)11(8-19)16-17-18/h5-7,19H,8H2,1-4H3. The van der Waals surface area contributed by atoms with Crippen LogP contribution in [0.4, 0.5) is 0 Å². The zero-order chi connectivity index (χ0) is 14.2. The maximum absolute atomic E-state index is 9.42. The van der Waals surface area contributed by atoms with Crippen LogP contribution in [0, 0.1) is 6.92 Å². The molecule has 0 aliphatic rings. The predicted octanol–water partition coefficient (Wildman–Crippen LogP) is 3.02. The fourth-order valence-electron chi connectivity index (χ4n) is 2.15. The second-order valence-corrected chi connectivity index (χ2v) is 6.07.